The lowest BCUT2D eigenvalue weighted by atomic mass is 10.3. The largest absolute Gasteiger partial charge is 0.383 e. The van der Waals surface area contributed by atoms with E-state index in [4.69, 9.17) is 15.2 Å². The van der Waals surface area contributed by atoms with Gasteiger partial charge in [0.2, 0.25) is 0 Å². The van der Waals surface area contributed by atoms with Gasteiger partial charge in [0.1, 0.15) is 11.4 Å². The van der Waals surface area contributed by atoms with E-state index in [0.717, 1.165) is 0 Å². The summed E-state index contributed by atoms with van der Waals surface area (Å²) in [6.07, 6.45) is 0.989. The number of nitrogen functional groups attached to an aromatic ring is 1. The number of hydrogen-bond donors (Lipinski definition) is 2. The van der Waals surface area contributed by atoms with Crippen LogP contribution in [0.4, 0.5) is 5.82 Å². The highest BCUT2D eigenvalue weighted by atomic mass is 16.7. The smallest absolute Gasteiger partial charge is 0.256 e. The second kappa shape index (κ2) is 6.97. The minimum atomic E-state index is -0.443. The fourth-order valence-corrected chi connectivity index (χ4v) is 1.43. The number of carbonyl (C=O) groups excluding carboxylic acids is 1. The van der Waals surface area contributed by atoms with Crippen molar-refractivity contribution in [1.82, 2.24) is 15.1 Å². The van der Waals surface area contributed by atoms with Crippen LogP contribution < -0.4 is 11.1 Å². The molecule has 0 aliphatic rings. The standard InChI is InChI=1S/C11H20N4O3/c1-4-17-9(18-5-2)7-13-11(16)8-6-14-15(3)10(8)12/h6,9H,4-5,7,12H2,1-3H3,(H,13,16). The summed E-state index contributed by atoms with van der Waals surface area (Å²) in [5.41, 5.74) is 6.06. The number of nitrogens with zero attached hydrogens (tertiary/aromatic N) is 2. The second-order valence-electron chi connectivity index (χ2n) is 3.62. The van der Waals surface area contributed by atoms with Crippen molar-refractivity contribution in [1.29, 1.82) is 0 Å². The summed E-state index contributed by atoms with van der Waals surface area (Å²) in [4.78, 5) is 11.8. The highest BCUT2D eigenvalue weighted by Gasteiger charge is 2.15. The predicted octanol–water partition coefficient (Wildman–Crippen LogP) is 0.131. The first kappa shape index (κ1) is 14.5. The zero-order valence-corrected chi connectivity index (χ0v) is 11.0. The van der Waals surface area contributed by atoms with E-state index in [1.54, 1.807) is 7.05 Å². The Bertz CT molecular complexity index is 386. The predicted molar refractivity (Wildman–Crippen MR) is 67.0 cm³/mol. The van der Waals surface area contributed by atoms with Crippen molar-refractivity contribution in [2.75, 3.05) is 25.5 Å². The topological polar surface area (TPSA) is 91.4 Å². The van der Waals surface area contributed by atoms with Crippen LogP contribution >= 0.6 is 0 Å². The molecule has 0 atom stereocenters. The normalized spacial score (nSPS) is 10.9. The molecule has 1 rings (SSSR count). The van der Waals surface area contributed by atoms with Gasteiger partial charge < -0.3 is 20.5 Å². The number of nitrogens with one attached hydrogen (secondary N) is 1. The first-order valence-corrected chi connectivity index (χ1v) is 5.89. The summed E-state index contributed by atoms with van der Waals surface area (Å²) in [5, 5.41) is 6.61. The minimum Gasteiger partial charge on any atom is -0.383 e. The number of ether oxygens (including phenoxy) is 2. The minimum absolute atomic E-state index is 0.273. The lowest BCUT2D eigenvalue weighted by Crippen LogP contribution is -2.35. The van der Waals surface area contributed by atoms with Gasteiger partial charge in [-0.15, -0.1) is 0 Å². The van der Waals surface area contributed by atoms with Crippen LogP contribution in [0.25, 0.3) is 0 Å². The van der Waals surface area contributed by atoms with Gasteiger partial charge in [-0.3, -0.25) is 9.48 Å². The summed E-state index contributed by atoms with van der Waals surface area (Å²) >= 11 is 0. The van der Waals surface area contributed by atoms with E-state index < -0.39 is 6.29 Å². The van der Waals surface area contributed by atoms with Crippen molar-refractivity contribution in [2.45, 2.75) is 20.1 Å². The Labute approximate surface area is 106 Å². The van der Waals surface area contributed by atoms with E-state index >= 15 is 0 Å². The van der Waals surface area contributed by atoms with Gasteiger partial charge >= 0.3 is 0 Å². The molecule has 1 amide bonds. The molecule has 0 aliphatic carbocycles. The Morgan fingerprint density at radius 1 is 1.50 bits per heavy atom. The quantitative estimate of drug-likeness (QED) is 0.677. The van der Waals surface area contributed by atoms with Crippen molar-refractivity contribution in [3.63, 3.8) is 0 Å². The molecule has 1 aromatic rings. The number of hydrogen-bond acceptors (Lipinski definition) is 5. The lowest BCUT2D eigenvalue weighted by molar-refractivity contribution is -0.131. The maximum atomic E-state index is 11.8. The van der Waals surface area contributed by atoms with Crippen LogP contribution in [0.1, 0.15) is 24.2 Å². The van der Waals surface area contributed by atoms with E-state index in [-0.39, 0.29) is 12.5 Å². The highest BCUT2D eigenvalue weighted by Crippen LogP contribution is 2.08. The van der Waals surface area contributed by atoms with E-state index in [0.29, 0.717) is 24.6 Å². The van der Waals surface area contributed by atoms with Crippen molar-refractivity contribution in [2.24, 2.45) is 7.05 Å². The van der Waals surface area contributed by atoms with Gasteiger partial charge in [-0.05, 0) is 13.8 Å². The number of rotatable bonds is 7. The number of amides is 1. The van der Waals surface area contributed by atoms with Gasteiger partial charge in [0.15, 0.2) is 6.29 Å². The average Bonchev–Trinajstić information content (AvgIpc) is 2.67. The molecule has 0 fully saturated rings. The lowest BCUT2D eigenvalue weighted by Gasteiger charge is -2.17. The van der Waals surface area contributed by atoms with E-state index in [9.17, 15) is 4.79 Å². The van der Waals surface area contributed by atoms with Crippen LogP contribution in [0.3, 0.4) is 0 Å². The zero-order valence-electron chi connectivity index (χ0n) is 11.0. The molecule has 0 aromatic carbocycles. The van der Waals surface area contributed by atoms with Crippen LogP contribution in [0, 0.1) is 0 Å². The molecule has 18 heavy (non-hydrogen) atoms. The third kappa shape index (κ3) is 3.71. The first-order chi connectivity index (χ1) is 8.60. The Morgan fingerprint density at radius 2 is 2.11 bits per heavy atom. The summed E-state index contributed by atoms with van der Waals surface area (Å²) in [6, 6.07) is 0. The van der Waals surface area contributed by atoms with Crippen molar-refractivity contribution in [3.05, 3.63) is 11.8 Å². The summed E-state index contributed by atoms with van der Waals surface area (Å²) in [7, 11) is 1.68. The molecule has 102 valence electrons. The third-order valence-electron chi connectivity index (χ3n) is 2.36. The van der Waals surface area contributed by atoms with Crippen LogP contribution in [0.2, 0.25) is 0 Å². The molecule has 0 aliphatic heterocycles. The van der Waals surface area contributed by atoms with Gasteiger partial charge in [-0.25, -0.2) is 0 Å². The van der Waals surface area contributed by atoms with Gasteiger partial charge in [-0.2, -0.15) is 5.10 Å². The van der Waals surface area contributed by atoms with Gasteiger partial charge in [-0.1, -0.05) is 0 Å². The monoisotopic (exact) mass is 256 g/mol. The molecule has 1 aromatic heterocycles. The summed E-state index contributed by atoms with van der Waals surface area (Å²) in [6.45, 7) is 5.06. The molecule has 0 saturated carbocycles. The van der Waals surface area contributed by atoms with Crippen molar-refractivity contribution >= 4 is 11.7 Å². The molecule has 0 saturated heterocycles. The fraction of sp³-hybridized carbons (Fsp3) is 0.636. The molecular weight excluding hydrogens is 236 g/mol. The Balaban J connectivity index is 2.51. The summed E-state index contributed by atoms with van der Waals surface area (Å²) in [5.74, 6) is 0.0434. The van der Waals surface area contributed by atoms with Crippen LogP contribution in [0.5, 0.6) is 0 Å². The molecule has 1 heterocycles. The van der Waals surface area contributed by atoms with Gasteiger partial charge in [0.25, 0.3) is 5.91 Å². The highest BCUT2D eigenvalue weighted by molar-refractivity contribution is 5.98. The van der Waals surface area contributed by atoms with Crippen LogP contribution in [0.15, 0.2) is 6.20 Å². The third-order valence-corrected chi connectivity index (χ3v) is 2.36. The van der Waals surface area contributed by atoms with E-state index in [2.05, 4.69) is 10.4 Å². The number of nitrogens with two attached hydrogens (primary N) is 1. The molecule has 0 bridgehead atoms. The van der Waals surface area contributed by atoms with Crippen LogP contribution in [-0.2, 0) is 16.5 Å². The fourth-order valence-electron chi connectivity index (χ4n) is 1.43. The van der Waals surface area contributed by atoms with Gasteiger partial charge in [0, 0.05) is 20.3 Å². The van der Waals surface area contributed by atoms with Crippen LogP contribution in [-0.4, -0.2) is 41.7 Å². The number of carbonyl (C=O) groups is 1. The molecular formula is C11H20N4O3. The Hall–Kier alpha value is -1.60. The molecule has 0 spiro atoms. The number of aryl methyl sites for hydroxylation is 1. The van der Waals surface area contributed by atoms with E-state index in [1.807, 2.05) is 13.8 Å². The molecule has 7 heteroatoms. The molecule has 7 nitrogen and oxygen atoms in total. The molecule has 0 unspecified atom stereocenters. The first-order valence-electron chi connectivity index (χ1n) is 5.89. The number of anilines is 1. The Kier molecular flexibility index (Phi) is 5.60. The van der Waals surface area contributed by atoms with Crippen molar-refractivity contribution in [3.8, 4) is 0 Å². The Morgan fingerprint density at radius 3 is 2.56 bits per heavy atom. The molecule has 0 radical (unpaired) electrons. The second-order valence-corrected chi connectivity index (χ2v) is 3.62. The SMILES string of the molecule is CCOC(CNC(=O)c1cnn(C)c1N)OCC. The van der Waals surface area contributed by atoms with Crippen molar-refractivity contribution < 1.29 is 14.3 Å². The number of aromatic nitrogens is 2. The van der Waals surface area contributed by atoms with Gasteiger partial charge in [0.05, 0.1) is 12.7 Å². The zero-order chi connectivity index (χ0) is 13.5. The maximum Gasteiger partial charge on any atom is 0.256 e. The average molecular weight is 256 g/mol. The van der Waals surface area contributed by atoms with E-state index in [1.165, 1.54) is 10.9 Å². The summed E-state index contributed by atoms with van der Waals surface area (Å²) < 4.78 is 12.1. The maximum absolute atomic E-state index is 11.8. The molecule has 3 N–H and O–H groups in total.